The summed E-state index contributed by atoms with van der Waals surface area (Å²) in [5, 5.41) is 3.55. The second-order valence-corrected chi connectivity index (χ2v) is 5.57. The number of rotatable bonds is 3. The number of halogens is 1. The zero-order valence-electron chi connectivity index (χ0n) is 10.8. The summed E-state index contributed by atoms with van der Waals surface area (Å²) in [5.74, 6) is -0.602. The molecule has 3 rings (SSSR count). The van der Waals surface area contributed by atoms with Crippen molar-refractivity contribution in [1.82, 2.24) is 0 Å². The van der Waals surface area contributed by atoms with E-state index >= 15 is 0 Å². The summed E-state index contributed by atoms with van der Waals surface area (Å²) in [6.45, 7) is 0. The average molecular weight is 299 g/mol. The molecule has 3 aromatic rings. The molecule has 0 aliphatic carbocycles. The van der Waals surface area contributed by atoms with Gasteiger partial charge in [-0.3, -0.25) is 9.59 Å². The molecular weight excluding hydrogens is 289 g/mol. The van der Waals surface area contributed by atoms with Crippen LogP contribution in [-0.4, -0.2) is 12.2 Å². The first-order chi connectivity index (χ1) is 10.2. The monoisotopic (exact) mass is 299 g/mol. The molecule has 21 heavy (non-hydrogen) atoms. The Hall–Kier alpha value is -2.53. The standard InChI is InChI=1S/C16H10FNO2S/c17-12-5-4-11-7-15(21-14(11)8-12)16(20)18-13-3-1-2-10(6-13)9-19/h1-9H,(H,18,20). The van der Waals surface area contributed by atoms with Crippen molar-refractivity contribution in [3.63, 3.8) is 0 Å². The number of thiophene rings is 1. The van der Waals surface area contributed by atoms with Crippen molar-refractivity contribution in [2.24, 2.45) is 0 Å². The minimum atomic E-state index is -0.324. The maximum atomic E-state index is 13.2. The Morgan fingerprint density at radius 1 is 1.14 bits per heavy atom. The smallest absolute Gasteiger partial charge is 0.265 e. The lowest BCUT2D eigenvalue weighted by Crippen LogP contribution is -2.10. The van der Waals surface area contributed by atoms with E-state index < -0.39 is 0 Å². The molecule has 104 valence electrons. The molecule has 0 aliphatic heterocycles. The molecule has 0 radical (unpaired) electrons. The van der Waals surface area contributed by atoms with Gasteiger partial charge in [-0.15, -0.1) is 11.3 Å². The fourth-order valence-corrected chi connectivity index (χ4v) is 2.98. The quantitative estimate of drug-likeness (QED) is 0.740. The highest BCUT2D eigenvalue weighted by Gasteiger charge is 2.11. The Balaban J connectivity index is 1.87. The Labute approximate surface area is 124 Å². The molecule has 1 amide bonds. The second kappa shape index (κ2) is 5.46. The first-order valence-corrected chi connectivity index (χ1v) is 7.03. The van der Waals surface area contributed by atoms with Crippen LogP contribution in [0.1, 0.15) is 20.0 Å². The number of amides is 1. The average Bonchev–Trinajstić information content (AvgIpc) is 2.90. The Kier molecular flexibility index (Phi) is 3.50. The molecule has 0 fully saturated rings. The van der Waals surface area contributed by atoms with Crippen LogP contribution in [0.15, 0.2) is 48.5 Å². The Bertz CT molecular complexity index is 841. The van der Waals surface area contributed by atoms with Crippen molar-refractivity contribution >= 4 is 39.3 Å². The van der Waals surface area contributed by atoms with E-state index in [2.05, 4.69) is 5.32 Å². The predicted molar refractivity (Wildman–Crippen MR) is 81.6 cm³/mol. The molecule has 0 saturated carbocycles. The van der Waals surface area contributed by atoms with Gasteiger partial charge in [0.05, 0.1) is 4.88 Å². The lowest BCUT2D eigenvalue weighted by atomic mass is 10.2. The number of nitrogens with one attached hydrogen (secondary N) is 1. The van der Waals surface area contributed by atoms with Crippen molar-refractivity contribution in [3.8, 4) is 0 Å². The van der Waals surface area contributed by atoms with Crippen LogP contribution >= 0.6 is 11.3 Å². The molecule has 5 heteroatoms. The number of carbonyl (C=O) groups excluding carboxylic acids is 2. The number of carbonyl (C=O) groups is 2. The summed E-state index contributed by atoms with van der Waals surface area (Å²) in [5.41, 5.74) is 1.04. The topological polar surface area (TPSA) is 46.2 Å². The fourth-order valence-electron chi connectivity index (χ4n) is 2.00. The lowest BCUT2D eigenvalue weighted by molar-refractivity contribution is 0.102. The molecule has 2 aromatic carbocycles. The molecule has 0 aliphatic rings. The molecule has 0 unspecified atom stereocenters. The lowest BCUT2D eigenvalue weighted by Gasteiger charge is -2.03. The molecule has 0 atom stereocenters. The number of hydrogen-bond acceptors (Lipinski definition) is 3. The van der Waals surface area contributed by atoms with Crippen molar-refractivity contribution < 1.29 is 14.0 Å². The van der Waals surface area contributed by atoms with E-state index in [-0.39, 0.29) is 11.7 Å². The third kappa shape index (κ3) is 2.83. The van der Waals surface area contributed by atoms with Gasteiger partial charge in [0, 0.05) is 16.0 Å². The van der Waals surface area contributed by atoms with Crippen LogP contribution in [-0.2, 0) is 0 Å². The number of aldehydes is 1. The summed E-state index contributed by atoms with van der Waals surface area (Å²) in [6, 6.07) is 12.8. The molecule has 1 heterocycles. The van der Waals surface area contributed by atoms with E-state index in [1.807, 2.05) is 0 Å². The van der Waals surface area contributed by atoms with Gasteiger partial charge in [0.25, 0.3) is 5.91 Å². The van der Waals surface area contributed by atoms with E-state index in [0.717, 1.165) is 16.4 Å². The molecule has 0 saturated heterocycles. The number of hydrogen-bond donors (Lipinski definition) is 1. The zero-order valence-corrected chi connectivity index (χ0v) is 11.6. The summed E-state index contributed by atoms with van der Waals surface area (Å²) < 4.78 is 13.9. The van der Waals surface area contributed by atoms with Gasteiger partial charge in [-0.25, -0.2) is 4.39 Å². The molecule has 3 nitrogen and oxygen atoms in total. The van der Waals surface area contributed by atoms with Crippen molar-refractivity contribution in [3.05, 3.63) is 64.8 Å². The van der Waals surface area contributed by atoms with Gasteiger partial charge >= 0.3 is 0 Å². The number of fused-ring (bicyclic) bond motifs is 1. The molecule has 1 N–H and O–H groups in total. The molecule has 0 bridgehead atoms. The largest absolute Gasteiger partial charge is 0.321 e. The summed E-state index contributed by atoms with van der Waals surface area (Å²) in [6.07, 6.45) is 0.720. The van der Waals surface area contributed by atoms with E-state index in [1.54, 1.807) is 36.4 Å². The van der Waals surface area contributed by atoms with Gasteiger partial charge in [-0.2, -0.15) is 0 Å². The number of benzene rings is 2. The van der Waals surface area contributed by atoms with Crippen LogP contribution in [0.25, 0.3) is 10.1 Å². The van der Waals surface area contributed by atoms with Crippen LogP contribution in [0, 0.1) is 5.82 Å². The van der Waals surface area contributed by atoms with E-state index in [9.17, 15) is 14.0 Å². The second-order valence-electron chi connectivity index (χ2n) is 4.49. The van der Waals surface area contributed by atoms with Gasteiger partial charge < -0.3 is 5.32 Å². The summed E-state index contributed by atoms with van der Waals surface area (Å²) in [4.78, 5) is 23.4. The summed E-state index contributed by atoms with van der Waals surface area (Å²) >= 11 is 1.23. The van der Waals surface area contributed by atoms with Crippen LogP contribution in [0.5, 0.6) is 0 Å². The van der Waals surface area contributed by atoms with Crippen LogP contribution in [0.4, 0.5) is 10.1 Å². The van der Waals surface area contributed by atoms with Gasteiger partial charge in [0.15, 0.2) is 0 Å². The zero-order chi connectivity index (χ0) is 14.8. The van der Waals surface area contributed by atoms with Crippen molar-refractivity contribution in [1.29, 1.82) is 0 Å². The van der Waals surface area contributed by atoms with Crippen LogP contribution < -0.4 is 5.32 Å². The van der Waals surface area contributed by atoms with Gasteiger partial charge in [-0.1, -0.05) is 18.2 Å². The highest BCUT2D eigenvalue weighted by Crippen LogP contribution is 2.27. The van der Waals surface area contributed by atoms with Gasteiger partial charge in [0.2, 0.25) is 0 Å². The van der Waals surface area contributed by atoms with E-state index in [1.165, 1.54) is 23.5 Å². The summed E-state index contributed by atoms with van der Waals surface area (Å²) in [7, 11) is 0. The predicted octanol–water partition coefficient (Wildman–Crippen LogP) is 4.11. The third-order valence-corrected chi connectivity index (χ3v) is 4.08. The highest BCUT2D eigenvalue weighted by molar-refractivity contribution is 7.20. The Morgan fingerprint density at radius 2 is 2.00 bits per heavy atom. The maximum Gasteiger partial charge on any atom is 0.265 e. The van der Waals surface area contributed by atoms with E-state index in [0.29, 0.717) is 16.1 Å². The highest BCUT2D eigenvalue weighted by atomic mass is 32.1. The van der Waals surface area contributed by atoms with Gasteiger partial charge in [-0.05, 0) is 35.7 Å². The molecule has 1 aromatic heterocycles. The van der Waals surface area contributed by atoms with Crippen molar-refractivity contribution in [2.75, 3.05) is 5.32 Å². The Morgan fingerprint density at radius 3 is 2.81 bits per heavy atom. The van der Waals surface area contributed by atoms with Gasteiger partial charge in [0.1, 0.15) is 12.1 Å². The molecule has 0 spiro atoms. The number of anilines is 1. The normalized spacial score (nSPS) is 10.5. The van der Waals surface area contributed by atoms with Crippen LogP contribution in [0.2, 0.25) is 0 Å². The third-order valence-electron chi connectivity index (χ3n) is 2.99. The van der Waals surface area contributed by atoms with Crippen molar-refractivity contribution in [2.45, 2.75) is 0 Å². The first-order valence-electron chi connectivity index (χ1n) is 6.21. The minimum absolute atomic E-state index is 0.278. The first kappa shape index (κ1) is 13.5. The maximum absolute atomic E-state index is 13.2. The fraction of sp³-hybridized carbons (Fsp3) is 0. The molecular formula is C16H10FNO2S. The SMILES string of the molecule is O=Cc1cccc(NC(=O)c2cc3ccc(F)cc3s2)c1. The minimum Gasteiger partial charge on any atom is -0.321 e. The van der Waals surface area contributed by atoms with E-state index in [4.69, 9.17) is 0 Å². The van der Waals surface area contributed by atoms with Crippen LogP contribution in [0.3, 0.4) is 0 Å².